The van der Waals surface area contributed by atoms with E-state index in [9.17, 15) is 9.59 Å². The first kappa shape index (κ1) is 18.0. The van der Waals surface area contributed by atoms with Crippen molar-refractivity contribution in [1.29, 1.82) is 0 Å². The van der Waals surface area contributed by atoms with Gasteiger partial charge in [0.15, 0.2) is 0 Å². The lowest BCUT2D eigenvalue weighted by atomic mass is 10.2. The second kappa shape index (κ2) is 7.35. The summed E-state index contributed by atoms with van der Waals surface area (Å²) >= 11 is 15.0. The number of amides is 2. The van der Waals surface area contributed by atoms with Crippen LogP contribution in [0, 0.1) is 0 Å². The molecule has 2 fully saturated rings. The van der Waals surface area contributed by atoms with Crippen LogP contribution in [0.3, 0.4) is 0 Å². The number of rotatable bonds is 3. The highest BCUT2D eigenvalue weighted by Crippen LogP contribution is 2.47. The standard InChI is InChI=1S/C18H14Cl2N2O2S2/c19-13-5-1-11(2-6-13)17-21(15(23)9-25-17)22-16(24)10-26-18(22)12-3-7-14(20)8-4-12/h1-8,17-18H,9-10H2/t17-,18-/m1/s1. The van der Waals surface area contributed by atoms with Gasteiger partial charge in [-0.3, -0.25) is 9.59 Å². The summed E-state index contributed by atoms with van der Waals surface area (Å²) in [7, 11) is 0. The van der Waals surface area contributed by atoms with Gasteiger partial charge in [0.2, 0.25) is 0 Å². The molecule has 2 atom stereocenters. The zero-order valence-electron chi connectivity index (χ0n) is 13.5. The monoisotopic (exact) mass is 424 g/mol. The van der Waals surface area contributed by atoms with E-state index in [2.05, 4.69) is 0 Å². The first-order chi connectivity index (χ1) is 12.5. The van der Waals surface area contributed by atoms with Gasteiger partial charge >= 0.3 is 0 Å². The van der Waals surface area contributed by atoms with Crippen LogP contribution in [0.4, 0.5) is 0 Å². The van der Waals surface area contributed by atoms with Crippen LogP contribution >= 0.6 is 46.7 Å². The lowest BCUT2D eigenvalue weighted by Gasteiger charge is -2.36. The fourth-order valence-corrected chi connectivity index (χ4v) is 5.57. The number of hydrogen-bond donors (Lipinski definition) is 0. The van der Waals surface area contributed by atoms with Gasteiger partial charge in [-0.05, 0) is 35.4 Å². The van der Waals surface area contributed by atoms with Crippen LogP contribution in [0.1, 0.15) is 21.9 Å². The summed E-state index contributed by atoms with van der Waals surface area (Å²) in [6.07, 6.45) is 0. The molecule has 0 unspecified atom stereocenters. The Morgan fingerprint density at radius 2 is 1.04 bits per heavy atom. The minimum absolute atomic E-state index is 0.0650. The predicted octanol–water partition coefficient (Wildman–Crippen LogP) is 4.76. The van der Waals surface area contributed by atoms with E-state index < -0.39 is 0 Å². The molecule has 134 valence electrons. The van der Waals surface area contributed by atoms with Crippen LogP contribution in [0.15, 0.2) is 48.5 Å². The molecule has 4 rings (SSSR count). The zero-order valence-corrected chi connectivity index (χ0v) is 16.6. The van der Waals surface area contributed by atoms with Crippen molar-refractivity contribution in [2.45, 2.75) is 10.7 Å². The number of nitrogens with zero attached hydrogens (tertiary/aromatic N) is 2. The lowest BCUT2D eigenvalue weighted by molar-refractivity contribution is -0.161. The molecule has 2 aliphatic rings. The molecule has 2 heterocycles. The second-order valence-electron chi connectivity index (χ2n) is 5.91. The molecule has 0 saturated carbocycles. The maximum atomic E-state index is 12.6. The molecule has 2 amide bonds. The number of carbonyl (C=O) groups excluding carboxylic acids is 2. The van der Waals surface area contributed by atoms with Gasteiger partial charge in [0.1, 0.15) is 10.7 Å². The molecule has 0 N–H and O–H groups in total. The summed E-state index contributed by atoms with van der Waals surface area (Å²) in [4.78, 5) is 25.3. The highest BCUT2D eigenvalue weighted by atomic mass is 35.5. The summed E-state index contributed by atoms with van der Waals surface area (Å²) in [5, 5.41) is 4.02. The fourth-order valence-electron chi connectivity index (χ4n) is 3.03. The quantitative estimate of drug-likeness (QED) is 0.711. The highest BCUT2D eigenvalue weighted by molar-refractivity contribution is 8.01. The third kappa shape index (κ3) is 3.31. The van der Waals surface area contributed by atoms with Crippen LogP contribution in [-0.2, 0) is 9.59 Å². The van der Waals surface area contributed by atoms with Crippen molar-refractivity contribution in [2.24, 2.45) is 0 Å². The maximum absolute atomic E-state index is 12.6. The van der Waals surface area contributed by atoms with Crippen LogP contribution in [-0.4, -0.2) is 33.3 Å². The molecule has 0 radical (unpaired) electrons. The minimum atomic E-state index is -0.239. The van der Waals surface area contributed by atoms with Crippen LogP contribution in [0.25, 0.3) is 0 Å². The van der Waals surface area contributed by atoms with Gasteiger partial charge in [0, 0.05) is 10.0 Å². The van der Waals surface area contributed by atoms with Crippen molar-refractivity contribution < 1.29 is 9.59 Å². The number of carbonyl (C=O) groups is 2. The van der Waals surface area contributed by atoms with Crippen LogP contribution in [0.2, 0.25) is 10.0 Å². The summed E-state index contributed by atoms with van der Waals surface area (Å²) in [5.74, 6) is 0.555. The van der Waals surface area contributed by atoms with Crippen molar-refractivity contribution in [3.63, 3.8) is 0 Å². The van der Waals surface area contributed by atoms with Crippen LogP contribution < -0.4 is 0 Å². The SMILES string of the molecule is O=C1CS[C@H](c2ccc(Cl)cc2)N1N1C(=O)CS[C@@H]1c1ccc(Cl)cc1. The third-order valence-corrected chi connectivity index (χ3v) is 7.13. The summed E-state index contributed by atoms with van der Waals surface area (Å²) in [5.41, 5.74) is 1.90. The van der Waals surface area contributed by atoms with Crippen molar-refractivity contribution in [1.82, 2.24) is 10.0 Å². The summed E-state index contributed by atoms with van der Waals surface area (Å²) in [6.45, 7) is 0. The van der Waals surface area contributed by atoms with Gasteiger partial charge in [-0.15, -0.1) is 23.5 Å². The maximum Gasteiger partial charge on any atom is 0.252 e. The fraction of sp³-hybridized carbons (Fsp3) is 0.222. The summed E-state index contributed by atoms with van der Waals surface area (Å²) in [6, 6.07) is 14.8. The molecule has 4 nitrogen and oxygen atoms in total. The van der Waals surface area contributed by atoms with E-state index in [0.717, 1.165) is 11.1 Å². The van der Waals surface area contributed by atoms with Gasteiger partial charge in [0.05, 0.1) is 11.5 Å². The molecule has 2 saturated heterocycles. The average Bonchev–Trinajstić information content (AvgIpc) is 3.19. The number of thioether (sulfide) groups is 2. The van der Waals surface area contributed by atoms with Crippen molar-refractivity contribution in [3.8, 4) is 0 Å². The normalized spacial score (nSPS) is 23.2. The first-order valence-electron chi connectivity index (χ1n) is 7.93. The van der Waals surface area contributed by atoms with E-state index in [4.69, 9.17) is 23.2 Å². The van der Waals surface area contributed by atoms with E-state index in [-0.39, 0.29) is 22.6 Å². The third-order valence-electron chi connectivity index (χ3n) is 4.23. The van der Waals surface area contributed by atoms with Crippen molar-refractivity contribution in [2.75, 3.05) is 11.5 Å². The molecular formula is C18H14Cl2N2O2S2. The molecule has 2 aromatic rings. The Hall–Kier alpha value is -1.34. The Morgan fingerprint density at radius 3 is 1.38 bits per heavy atom. The molecule has 0 aliphatic carbocycles. The van der Waals surface area contributed by atoms with Gasteiger partial charge in [-0.2, -0.15) is 0 Å². The molecule has 0 aromatic heterocycles. The number of hydrazine groups is 1. The Labute approximate surface area is 169 Å². The molecule has 26 heavy (non-hydrogen) atoms. The lowest BCUT2D eigenvalue weighted by Crippen LogP contribution is -2.47. The molecular weight excluding hydrogens is 411 g/mol. The number of benzene rings is 2. The number of halogens is 2. The average molecular weight is 425 g/mol. The summed E-state index contributed by atoms with van der Waals surface area (Å²) < 4.78 is 0. The van der Waals surface area contributed by atoms with E-state index in [1.807, 2.05) is 24.3 Å². The van der Waals surface area contributed by atoms with E-state index >= 15 is 0 Å². The molecule has 0 bridgehead atoms. The molecule has 2 aromatic carbocycles. The zero-order chi connectivity index (χ0) is 18.3. The molecule has 2 aliphatic heterocycles. The molecule has 8 heteroatoms. The minimum Gasteiger partial charge on any atom is -0.272 e. The smallest absolute Gasteiger partial charge is 0.252 e. The highest BCUT2D eigenvalue weighted by Gasteiger charge is 2.45. The van der Waals surface area contributed by atoms with Crippen molar-refractivity contribution in [3.05, 3.63) is 69.7 Å². The van der Waals surface area contributed by atoms with Crippen molar-refractivity contribution >= 4 is 58.5 Å². The Morgan fingerprint density at radius 1 is 0.692 bits per heavy atom. The largest absolute Gasteiger partial charge is 0.272 e. The Balaban J connectivity index is 1.69. The Bertz CT molecular complexity index is 774. The molecule has 0 spiro atoms. The Kier molecular flexibility index (Phi) is 5.10. The number of hydrogen-bond acceptors (Lipinski definition) is 4. The van der Waals surface area contributed by atoms with E-state index in [1.165, 1.54) is 23.5 Å². The topological polar surface area (TPSA) is 40.6 Å². The predicted molar refractivity (Wildman–Crippen MR) is 107 cm³/mol. The van der Waals surface area contributed by atoms with Gasteiger partial charge in [-0.1, -0.05) is 47.5 Å². The van der Waals surface area contributed by atoms with Gasteiger partial charge in [0.25, 0.3) is 11.8 Å². The second-order valence-corrected chi connectivity index (χ2v) is 8.92. The van der Waals surface area contributed by atoms with E-state index in [1.54, 1.807) is 34.3 Å². The van der Waals surface area contributed by atoms with Gasteiger partial charge < -0.3 is 0 Å². The van der Waals surface area contributed by atoms with Gasteiger partial charge in [-0.25, -0.2) is 10.0 Å². The van der Waals surface area contributed by atoms with Crippen LogP contribution in [0.5, 0.6) is 0 Å². The van der Waals surface area contributed by atoms with E-state index in [0.29, 0.717) is 21.6 Å². The first-order valence-corrected chi connectivity index (χ1v) is 10.8.